The number of nitrogens with one attached hydrogen (secondary N) is 1. The molecular formula is C31H21Cl2N3O3S. The van der Waals surface area contributed by atoms with Crippen molar-refractivity contribution in [3.8, 4) is 11.3 Å². The zero-order chi connectivity index (χ0) is 27.8. The Labute approximate surface area is 243 Å². The first-order valence-corrected chi connectivity index (χ1v) is 13.9. The van der Waals surface area contributed by atoms with Gasteiger partial charge >= 0.3 is 0 Å². The van der Waals surface area contributed by atoms with Gasteiger partial charge in [0.2, 0.25) is 0 Å². The number of benzene rings is 3. The van der Waals surface area contributed by atoms with Crippen LogP contribution in [0.25, 0.3) is 17.4 Å². The molecule has 0 spiro atoms. The third-order valence-corrected chi connectivity index (χ3v) is 7.96. The first-order valence-electron chi connectivity index (χ1n) is 12.4. The molecule has 1 aliphatic heterocycles. The van der Waals surface area contributed by atoms with Crippen LogP contribution in [0.4, 0.5) is 5.69 Å². The quantitative estimate of drug-likeness (QED) is 0.258. The van der Waals surface area contributed by atoms with Crippen molar-refractivity contribution in [2.24, 2.45) is 4.99 Å². The third kappa shape index (κ3) is 5.07. The van der Waals surface area contributed by atoms with Gasteiger partial charge in [-0.15, -0.1) is 0 Å². The van der Waals surface area contributed by atoms with Crippen molar-refractivity contribution in [3.63, 3.8) is 0 Å². The number of amides is 1. The molecule has 2 aromatic heterocycles. The number of aromatic nitrogens is 1. The Morgan fingerprint density at radius 3 is 2.50 bits per heavy atom. The average Bonchev–Trinajstić information content (AvgIpc) is 3.53. The van der Waals surface area contributed by atoms with E-state index in [0.717, 1.165) is 11.1 Å². The Morgan fingerprint density at radius 2 is 1.75 bits per heavy atom. The number of carbonyl (C=O) groups is 1. The van der Waals surface area contributed by atoms with Gasteiger partial charge in [-0.25, -0.2) is 4.99 Å². The molecule has 0 saturated heterocycles. The highest BCUT2D eigenvalue weighted by atomic mass is 35.5. The van der Waals surface area contributed by atoms with Gasteiger partial charge in [-0.1, -0.05) is 77.0 Å². The largest absolute Gasteiger partial charge is 0.457 e. The summed E-state index contributed by atoms with van der Waals surface area (Å²) in [5, 5.41) is 4.11. The second-order valence-corrected chi connectivity index (χ2v) is 11.0. The van der Waals surface area contributed by atoms with E-state index in [1.807, 2.05) is 54.6 Å². The van der Waals surface area contributed by atoms with E-state index >= 15 is 0 Å². The molecule has 3 aromatic carbocycles. The van der Waals surface area contributed by atoms with Crippen LogP contribution >= 0.6 is 34.5 Å². The van der Waals surface area contributed by atoms with Crippen LogP contribution in [0.5, 0.6) is 0 Å². The minimum absolute atomic E-state index is 0.276. The molecule has 198 valence electrons. The molecule has 1 N–H and O–H groups in total. The maximum atomic E-state index is 13.9. The maximum absolute atomic E-state index is 13.9. The van der Waals surface area contributed by atoms with Gasteiger partial charge in [-0.3, -0.25) is 14.2 Å². The van der Waals surface area contributed by atoms with E-state index in [0.29, 0.717) is 47.9 Å². The number of anilines is 1. The van der Waals surface area contributed by atoms with Crippen LogP contribution in [0, 0.1) is 0 Å². The minimum atomic E-state index is -0.696. The fourth-order valence-corrected chi connectivity index (χ4v) is 5.99. The van der Waals surface area contributed by atoms with Crippen molar-refractivity contribution >= 4 is 52.2 Å². The van der Waals surface area contributed by atoms with Gasteiger partial charge < -0.3 is 9.73 Å². The Balaban J connectivity index is 1.45. The van der Waals surface area contributed by atoms with Gasteiger partial charge in [-0.2, -0.15) is 0 Å². The molecule has 3 heterocycles. The smallest absolute Gasteiger partial charge is 0.271 e. The Kier molecular flexibility index (Phi) is 7.02. The van der Waals surface area contributed by atoms with E-state index in [1.165, 1.54) is 11.3 Å². The zero-order valence-corrected chi connectivity index (χ0v) is 23.4. The number of halogens is 2. The van der Waals surface area contributed by atoms with Crippen LogP contribution < -0.4 is 20.2 Å². The predicted octanol–water partition coefficient (Wildman–Crippen LogP) is 6.44. The van der Waals surface area contributed by atoms with Crippen LogP contribution in [0.3, 0.4) is 0 Å². The molecule has 0 aliphatic carbocycles. The lowest BCUT2D eigenvalue weighted by molar-refractivity contribution is -0.113. The standard InChI is InChI=1S/C31H21Cl2N3O3S/c1-18-27(29(37)35-23-8-3-2-4-9-23)28(19-10-12-21(32)13-11-19)36-30(38)26(40-31(36)34-18)17-24-14-15-25(39-24)20-6-5-7-22(33)16-20/h2-17,28H,1H3,(H,35,37). The summed E-state index contributed by atoms with van der Waals surface area (Å²) in [6.07, 6.45) is 1.69. The number of rotatable bonds is 5. The summed E-state index contributed by atoms with van der Waals surface area (Å²) in [6.45, 7) is 1.78. The molecule has 0 fully saturated rings. The van der Waals surface area contributed by atoms with Gasteiger partial charge in [0, 0.05) is 27.4 Å². The summed E-state index contributed by atoms with van der Waals surface area (Å²) in [5.74, 6) is 0.816. The molecule has 0 bridgehead atoms. The van der Waals surface area contributed by atoms with Gasteiger partial charge in [0.15, 0.2) is 4.80 Å². The molecule has 1 aliphatic rings. The van der Waals surface area contributed by atoms with E-state index in [9.17, 15) is 9.59 Å². The fourth-order valence-electron chi connectivity index (χ4n) is 4.65. The zero-order valence-electron chi connectivity index (χ0n) is 21.1. The van der Waals surface area contributed by atoms with Crippen molar-refractivity contribution < 1.29 is 9.21 Å². The molecule has 0 saturated carbocycles. The molecule has 0 radical (unpaired) electrons. The number of carbonyl (C=O) groups excluding carboxylic acids is 1. The highest BCUT2D eigenvalue weighted by molar-refractivity contribution is 7.07. The van der Waals surface area contributed by atoms with Crippen LogP contribution in [-0.2, 0) is 4.79 Å². The van der Waals surface area contributed by atoms with Crippen molar-refractivity contribution in [1.82, 2.24) is 4.57 Å². The maximum Gasteiger partial charge on any atom is 0.271 e. The van der Waals surface area contributed by atoms with Crippen LogP contribution in [0.1, 0.15) is 24.3 Å². The number of nitrogens with zero attached hydrogens (tertiary/aromatic N) is 2. The van der Waals surface area contributed by atoms with Crippen LogP contribution in [0.2, 0.25) is 10.0 Å². The molecule has 1 atom stereocenters. The summed E-state index contributed by atoms with van der Waals surface area (Å²) < 4.78 is 8.01. The number of hydrogen-bond donors (Lipinski definition) is 1. The van der Waals surface area contributed by atoms with Gasteiger partial charge in [0.05, 0.1) is 21.8 Å². The molecule has 1 amide bonds. The van der Waals surface area contributed by atoms with Gasteiger partial charge in [0.1, 0.15) is 11.5 Å². The first kappa shape index (κ1) is 26.1. The summed E-state index contributed by atoms with van der Waals surface area (Å²) in [7, 11) is 0. The first-order chi connectivity index (χ1) is 19.4. The summed E-state index contributed by atoms with van der Waals surface area (Å²) in [4.78, 5) is 32.6. The van der Waals surface area contributed by atoms with Crippen molar-refractivity contribution in [1.29, 1.82) is 0 Å². The van der Waals surface area contributed by atoms with E-state index in [1.54, 1.807) is 54.0 Å². The van der Waals surface area contributed by atoms with E-state index < -0.39 is 6.04 Å². The van der Waals surface area contributed by atoms with E-state index in [4.69, 9.17) is 27.6 Å². The molecule has 6 nitrogen and oxygen atoms in total. The summed E-state index contributed by atoms with van der Waals surface area (Å²) >= 11 is 13.5. The minimum Gasteiger partial charge on any atom is -0.457 e. The van der Waals surface area contributed by atoms with Crippen molar-refractivity contribution in [2.45, 2.75) is 13.0 Å². The molecule has 1 unspecified atom stereocenters. The lowest BCUT2D eigenvalue weighted by Gasteiger charge is -2.25. The normalized spacial score (nSPS) is 15.1. The number of para-hydroxylation sites is 1. The van der Waals surface area contributed by atoms with E-state index in [-0.39, 0.29) is 11.5 Å². The molecule has 6 rings (SSSR count). The lowest BCUT2D eigenvalue weighted by Crippen LogP contribution is -2.40. The highest BCUT2D eigenvalue weighted by Gasteiger charge is 2.32. The Bertz CT molecular complexity index is 1960. The fraction of sp³-hybridized carbons (Fsp3) is 0.0645. The van der Waals surface area contributed by atoms with Crippen LogP contribution in [-0.4, -0.2) is 10.5 Å². The number of allylic oxidation sites excluding steroid dienone is 1. The van der Waals surface area contributed by atoms with Crippen molar-refractivity contribution in [3.05, 3.63) is 143 Å². The molecular weight excluding hydrogens is 565 g/mol. The Hall–Kier alpha value is -4.17. The van der Waals surface area contributed by atoms with E-state index in [2.05, 4.69) is 10.3 Å². The molecule has 40 heavy (non-hydrogen) atoms. The number of hydrogen-bond acceptors (Lipinski definition) is 5. The third-order valence-electron chi connectivity index (χ3n) is 6.49. The second-order valence-electron chi connectivity index (χ2n) is 9.17. The van der Waals surface area contributed by atoms with Gasteiger partial charge in [0.25, 0.3) is 11.5 Å². The van der Waals surface area contributed by atoms with Gasteiger partial charge in [-0.05, 0) is 61.0 Å². The monoisotopic (exact) mass is 585 g/mol. The average molecular weight is 587 g/mol. The lowest BCUT2D eigenvalue weighted by atomic mass is 9.95. The SMILES string of the molecule is CC1=C(C(=O)Nc2ccccc2)C(c2ccc(Cl)cc2)n2c(sc(=Cc3ccc(-c4cccc(Cl)c4)o3)c2=O)=N1. The molecule has 9 heteroatoms. The summed E-state index contributed by atoms with van der Waals surface area (Å²) in [6, 6.07) is 26.6. The summed E-state index contributed by atoms with van der Waals surface area (Å²) in [5.41, 5.74) is 2.86. The number of thiazole rings is 1. The topological polar surface area (TPSA) is 76.6 Å². The Morgan fingerprint density at radius 1 is 0.975 bits per heavy atom. The predicted molar refractivity (Wildman–Crippen MR) is 159 cm³/mol. The van der Waals surface area contributed by atoms with Crippen LogP contribution in [0.15, 0.2) is 116 Å². The second kappa shape index (κ2) is 10.8. The van der Waals surface area contributed by atoms with Crippen molar-refractivity contribution in [2.75, 3.05) is 5.32 Å². The number of furan rings is 1. The molecule has 5 aromatic rings. The highest BCUT2D eigenvalue weighted by Crippen LogP contribution is 2.31. The number of fused-ring (bicyclic) bond motifs is 1.